The van der Waals surface area contributed by atoms with E-state index in [0.29, 0.717) is 12.5 Å². The smallest absolute Gasteiger partial charge is 0.307 e. The molecule has 4 nitrogen and oxygen atoms in total. The second-order valence-corrected chi connectivity index (χ2v) is 9.44. The van der Waals surface area contributed by atoms with Crippen molar-refractivity contribution >= 4 is 28.2 Å². The Hall–Kier alpha value is -2.66. The van der Waals surface area contributed by atoms with Gasteiger partial charge in [-0.05, 0) is 54.9 Å². The first-order valence-corrected chi connectivity index (χ1v) is 12.8. The number of nitrogens with zero attached hydrogens (tertiary/aromatic N) is 2. The van der Waals surface area contributed by atoms with Crippen molar-refractivity contribution in [2.75, 3.05) is 16.8 Å². The van der Waals surface area contributed by atoms with Gasteiger partial charge in [-0.2, -0.15) is 0 Å². The van der Waals surface area contributed by atoms with Crippen molar-refractivity contribution in [3.8, 4) is 11.3 Å². The van der Waals surface area contributed by atoms with E-state index in [2.05, 4.69) is 60.9 Å². The molecule has 5 heteroatoms. The first-order chi connectivity index (χ1) is 15.7. The van der Waals surface area contributed by atoms with Crippen LogP contribution in [0.3, 0.4) is 0 Å². The summed E-state index contributed by atoms with van der Waals surface area (Å²) in [5.74, 6) is 0.707. The number of benzene rings is 2. The van der Waals surface area contributed by atoms with E-state index in [9.17, 15) is 4.79 Å². The van der Waals surface area contributed by atoms with Crippen LogP contribution in [0.1, 0.15) is 69.4 Å². The fraction of sp³-hybridized carbons (Fsp3) is 0.407. The zero-order valence-electron chi connectivity index (χ0n) is 19.1. The fourth-order valence-electron chi connectivity index (χ4n) is 4.41. The summed E-state index contributed by atoms with van der Waals surface area (Å²) >= 11 is 1.52. The monoisotopic (exact) mass is 447 g/mol. The van der Waals surface area contributed by atoms with Gasteiger partial charge in [-0.1, -0.05) is 69.5 Å². The average molecular weight is 448 g/mol. The fourth-order valence-corrected chi connectivity index (χ4v) is 5.26. The maximum Gasteiger partial charge on any atom is 0.328 e. The summed E-state index contributed by atoms with van der Waals surface area (Å²) in [4.78, 5) is 19.6. The van der Waals surface area contributed by atoms with E-state index < -0.39 is 0 Å². The summed E-state index contributed by atoms with van der Waals surface area (Å²) < 4.78 is 0. The molecule has 1 saturated carbocycles. The Bertz CT molecular complexity index is 1000. The van der Waals surface area contributed by atoms with E-state index in [-0.39, 0.29) is 6.03 Å². The van der Waals surface area contributed by atoms with Crippen LogP contribution in [-0.2, 0) is 6.42 Å². The van der Waals surface area contributed by atoms with Crippen molar-refractivity contribution in [3.63, 3.8) is 0 Å². The standard InChI is InChI=1S/C27H33N3OS/c1-3-18-30(26(31)28-24-16-10-20(4-2)11-17-24)27-29-25(19-32-27)23-14-12-22(13-15-23)21-8-6-5-7-9-21/h10-17,19,21H,3-9,18H2,1-2H3,(H,28,31). The molecule has 32 heavy (non-hydrogen) atoms. The van der Waals surface area contributed by atoms with Gasteiger partial charge in [-0.25, -0.2) is 9.78 Å². The molecule has 1 aromatic heterocycles. The largest absolute Gasteiger partial charge is 0.328 e. The molecule has 2 amide bonds. The molecule has 1 aliphatic carbocycles. The third-order valence-corrected chi connectivity index (χ3v) is 7.18. The molecule has 0 unspecified atom stereocenters. The van der Waals surface area contributed by atoms with Crippen LogP contribution < -0.4 is 10.2 Å². The predicted molar refractivity (Wildman–Crippen MR) is 136 cm³/mol. The Balaban J connectivity index is 1.47. The van der Waals surface area contributed by atoms with Crippen LogP contribution >= 0.6 is 11.3 Å². The number of carbonyl (C=O) groups is 1. The summed E-state index contributed by atoms with van der Waals surface area (Å²) in [6.07, 6.45) is 8.54. The van der Waals surface area contributed by atoms with Gasteiger partial charge in [0.05, 0.1) is 5.69 Å². The lowest BCUT2D eigenvalue weighted by atomic mass is 9.84. The number of thiazole rings is 1. The highest BCUT2D eigenvalue weighted by Gasteiger charge is 2.20. The Kier molecular flexibility index (Phi) is 7.59. The molecule has 0 spiro atoms. The number of hydrogen-bond donors (Lipinski definition) is 1. The number of rotatable bonds is 7. The normalized spacial score (nSPS) is 14.3. The quantitative estimate of drug-likeness (QED) is 0.400. The molecule has 0 bridgehead atoms. The number of amides is 2. The summed E-state index contributed by atoms with van der Waals surface area (Å²) in [7, 11) is 0. The van der Waals surface area contributed by atoms with Crippen LogP contribution in [0.5, 0.6) is 0 Å². The lowest BCUT2D eigenvalue weighted by Crippen LogP contribution is -2.35. The summed E-state index contributed by atoms with van der Waals surface area (Å²) in [5.41, 5.74) is 5.56. The second-order valence-electron chi connectivity index (χ2n) is 8.60. The van der Waals surface area contributed by atoms with Crippen molar-refractivity contribution in [3.05, 3.63) is 65.0 Å². The number of nitrogens with one attached hydrogen (secondary N) is 1. The van der Waals surface area contributed by atoms with Crippen LogP contribution in [0.15, 0.2) is 53.9 Å². The van der Waals surface area contributed by atoms with Gasteiger partial charge in [0, 0.05) is 23.2 Å². The minimum atomic E-state index is -0.135. The SMILES string of the molecule is CCCN(C(=O)Nc1ccc(CC)cc1)c1nc(-c2ccc(C3CCCCC3)cc2)cs1. The van der Waals surface area contributed by atoms with Gasteiger partial charge in [-0.15, -0.1) is 11.3 Å². The number of carbonyl (C=O) groups excluding carboxylic acids is 1. The zero-order chi connectivity index (χ0) is 22.3. The Labute approximate surface area is 195 Å². The number of hydrogen-bond acceptors (Lipinski definition) is 3. The van der Waals surface area contributed by atoms with E-state index in [1.807, 2.05) is 12.1 Å². The molecule has 2 aromatic carbocycles. The van der Waals surface area contributed by atoms with Crippen molar-refractivity contribution in [1.82, 2.24) is 4.98 Å². The average Bonchev–Trinajstić information content (AvgIpc) is 3.33. The molecular weight excluding hydrogens is 414 g/mol. The van der Waals surface area contributed by atoms with E-state index in [1.54, 1.807) is 4.90 Å². The first kappa shape index (κ1) is 22.5. The van der Waals surface area contributed by atoms with Crippen molar-refractivity contribution in [1.29, 1.82) is 0 Å². The third kappa shape index (κ3) is 5.39. The topological polar surface area (TPSA) is 45.2 Å². The highest BCUT2D eigenvalue weighted by molar-refractivity contribution is 7.14. The number of urea groups is 1. The molecule has 168 valence electrons. The molecule has 1 heterocycles. The molecule has 1 aliphatic rings. The molecular formula is C27H33N3OS. The van der Waals surface area contributed by atoms with E-state index in [4.69, 9.17) is 4.98 Å². The highest BCUT2D eigenvalue weighted by Crippen LogP contribution is 2.34. The molecule has 4 rings (SSSR count). The van der Waals surface area contributed by atoms with Gasteiger partial charge in [0.1, 0.15) is 0 Å². The minimum absolute atomic E-state index is 0.135. The van der Waals surface area contributed by atoms with Crippen LogP contribution in [0.4, 0.5) is 15.6 Å². The third-order valence-electron chi connectivity index (χ3n) is 6.31. The highest BCUT2D eigenvalue weighted by atomic mass is 32.1. The summed E-state index contributed by atoms with van der Waals surface area (Å²) in [5, 5.41) is 5.81. The molecule has 1 fully saturated rings. The van der Waals surface area contributed by atoms with Crippen molar-refractivity contribution in [2.45, 2.75) is 64.7 Å². The molecule has 0 radical (unpaired) electrons. The van der Waals surface area contributed by atoms with Gasteiger partial charge >= 0.3 is 6.03 Å². The molecule has 3 aromatic rings. The maximum absolute atomic E-state index is 13.0. The van der Waals surface area contributed by atoms with Gasteiger partial charge in [0.15, 0.2) is 5.13 Å². The van der Waals surface area contributed by atoms with Gasteiger partial charge in [0.2, 0.25) is 0 Å². The molecule has 1 N–H and O–H groups in total. The lowest BCUT2D eigenvalue weighted by Gasteiger charge is -2.22. The Morgan fingerprint density at radius 1 is 1.03 bits per heavy atom. The first-order valence-electron chi connectivity index (χ1n) is 11.9. The Morgan fingerprint density at radius 3 is 2.41 bits per heavy atom. The van der Waals surface area contributed by atoms with Gasteiger partial charge in [0.25, 0.3) is 0 Å². The van der Waals surface area contributed by atoms with Crippen LogP contribution in [0.2, 0.25) is 0 Å². The van der Waals surface area contributed by atoms with E-state index in [0.717, 1.165) is 34.9 Å². The second kappa shape index (κ2) is 10.8. The van der Waals surface area contributed by atoms with Crippen LogP contribution in [-0.4, -0.2) is 17.6 Å². The van der Waals surface area contributed by atoms with Crippen molar-refractivity contribution < 1.29 is 4.79 Å². The maximum atomic E-state index is 13.0. The molecule has 0 atom stereocenters. The number of aryl methyl sites for hydroxylation is 1. The van der Waals surface area contributed by atoms with E-state index in [1.165, 1.54) is 54.6 Å². The predicted octanol–water partition coefficient (Wildman–Crippen LogP) is 7.87. The van der Waals surface area contributed by atoms with Gasteiger partial charge < -0.3 is 5.32 Å². The Morgan fingerprint density at radius 2 is 1.75 bits per heavy atom. The summed E-state index contributed by atoms with van der Waals surface area (Å²) in [6, 6.07) is 16.8. The molecule has 0 aliphatic heterocycles. The van der Waals surface area contributed by atoms with Crippen LogP contribution in [0, 0.1) is 0 Å². The van der Waals surface area contributed by atoms with Crippen LogP contribution in [0.25, 0.3) is 11.3 Å². The number of aromatic nitrogens is 1. The van der Waals surface area contributed by atoms with E-state index >= 15 is 0 Å². The molecule has 0 saturated heterocycles. The minimum Gasteiger partial charge on any atom is -0.307 e. The van der Waals surface area contributed by atoms with Crippen molar-refractivity contribution in [2.24, 2.45) is 0 Å². The number of anilines is 2. The lowest BCUT2D eigenvalue weighted by molar-refractivity contribution is 0.257. The zero-order valence-corrected chi connectivity index (χ0v) is 20.0. The van der Waals surface area contributed by atoms with Gasteiger partial charge in [-0.3, -0.25) is 4.90 Å². The summed E-state index contributed by atoms with van der Waals surface area (Å²) in [6.45, 7) is 4.83.